The fraction of sp³-hybridized carbons (Fsp3) is 0.647. The monoisotopic (exact) mass is 390 g/mol. The molecular formula is C17H31O6PSi. The van der Waals surface area contributed by atoms with E-state index in [1.807, 2.05) is 45.0 Å². The first-order valence-corrected chi connectivity index (χ1v) is 12.3. The predicted molar refractivity (Wildman–Crippen MR) is 101 cm³/mol. The molecule has 1 rings (SSSR count). The maximum absolute atomic E-state index is 12.7. The molecule has 1 aromatic carbocycles. The smallest absolute Gasteiger partial charge is 0.370 e. The van der Waals surface area contributed by atoms with Crippen LogP contribution in [0.15, 0.2) is 24.3 Å². The standard InChI is InChI=1S/C17H31O6PSi/c1-6-19-24(18,20-7-2)15-16-11-13-17(14-12-16)25(21-8-3,22-9-4)23-10-5/h11-14H,6-10,15H2,1-5H3. The molecule has 0 amide bonds. The van der Waals surface area contributed by atoms with Crippen molar-refractivity contribution >= 4 is 21.6 Å². The quantitative estimate of drug-likeness (QED) is 0.378. The lowest BCUT2D eigenvalue weighted by Crippen LogP contribution is -2.56. The summed E-state index contributed by atoms with van der Waals surface area (Å²) in [6.07, 6.45) is 0.238. The second-order valence-corrected chi connectivity index (χ2v) is 9.77. The molecule has 0 N–H and O–H groups in total. The first-order valence-electron chi connectivity index (χ1n) is 8.88. The number of rotatable bonds is 13. The third-order valence-corrected chi connectivity index (χ3v) is 8.44. The summed E-state index contributed by atoms with van der Waals surface area (Å²) < 4.78 is 41.1. The van der Waals surface area contributed by atoms with Crippen LogP contribution in [0.4, 0.5) is 0 Å². The highest BCUT2D eigenvalue weighted by Gasteiger charge is 2.43. The zero-order chi connectivity index (χ0) is 18.8. The van der Waals surface area contributed by atoms with Crippen LogP contribution in [0.25, 0.3) is 0 Å². The fourth-order valence-electron chi connectivity index (χ4n) is 2.50. The van der Waals surface area contributed by atoms with Crippen LogP contribution in [0.2, 0.25) is 0 Å². The van der Waals surface area contributed by atoms with Gasteiger partial charge in [-0.25, -0.2) is 0 Å². The molecule has 144 valence electrons. The highest BCUT2D eigenvalue weighted by atomic mass is 31.2. The molecule has 0 aliphatic carbocycles. The lowest BCUT2D eigenvalue weighted by atomic mass is 10.2. The average Bonchev–Trinajstić information content (AvgIpc) is 2.56. The SMILES string of the molecule is CCO[Si](OCC)(OCC)c1ccc(CP(=O)(OCC)OCC)cc1. The normalized spacial score (nSPS) is 12.5. The largest absolute Gasteiger partial charge is 0.537 e. The Labute approximate surface area is 152 Å². The Balaban J connectivity index is 3.03. The highest BCUT2D eigenvalue weighted by Crippen LogP contribution is 2.51. The van der Waals surface area contributed by atoms with Crippen LogP contribution in [0.1, 0.15) is 40.2 Å². The Bertz CT molecular complexity index is 509. The molecule has 1 aromatic rings. The van der Waals surface area contributed by atoms with Gasteiger partial charge >= 0.3 is 16.4 Å². The molecule has 0 fully saturated rings. The summed E-state index contributed by atoms with van der Waals surface area (Å²) in [7, 11) is -6.03. The molecule has 0 bridgehead atoms. The zero-order valence-corrected chi connectivity index (χ0v) is 17.8. The Morgan fingerprint density at radius 1 is 0.760 bits per heavy atom. The van der Waals surface area contributed by atoms with E-state index in [1.54, 1.807) is 13.8 Å². The van der Waals surface area contributed by atoms with Crippen LogP contribution in [0, 0.1) is 0 Å². The van der Waals surface area contributed by atoms with Crippen LogP contribution >= 0.6 is 7.60 Å². The molecule has 6 nitrogen and oxygen atoms in total. The van der Waals surface area contributed by atoms with Gasteiger partial charge in [-0.2, -0.15) is 0 Å². The van der Waals surface area contributed by atoms with Gasteiger partial charge in [-0.15, -0.1) is 0 Å². The Kier molecular flexibility index (Phi) is 10.1. The van der Waals surface area contributed by atoms with Crippen molar-refractivity contribution in [3.8, 4) is 0 Å². The lowest BCUT2D eigenvalue weighted by molar-refractivity contribution is 0.0859. The second-order valence-electron chi connectivity index (χ2n) is 5.16. The minimum Gasteiger partial charge on any atom is -0.370 e. The van der Waals surface area contributed by atoms with Gasteiger partial charge in [-0.05, 0) is 40.2 Å². The van der Waals surface area contributed by atoms with Gasteiger partial charge in [0, 0.05) is 25.0 Å². The molecule has 0 radical (unpaired) electrons. The van der Waals surface area contributed by atoms with Gasteiger partial charge in [0.1, 0.15) is 0 Å². The topological polar surface area (TPSA) is 63.2 Å². The number of benzene rings is 1. The zero-order valence-electron chi connectivity index (χ0n) is 15.9. The van der Waals surface area contributed by atoms with Crippen LogP contribution in [-0.4, -0.2) is 41.8 Å². The molecule has 0 spiro atoms. The average molecular weight is 390 g/mol. The first-order chi connectivity index (χ1) is 12.0. The first kappa shape index (κ1) is 22.5. The molecule has 0 aliphatic rings. The van der Waals surface area contributed by atoms with Crippen molar-refractivity contribution in [3.05, 3.63) is 29.8 Å². The Morgan fingerprint density at radius 2 is 1.20 bits per heavy atom. The molecule has 0 saturated heterocycles. The Morgan fingerprint density at radius 3 is 1.56 bits per heavy atom. The van der Waals surface area contributed by atoms with E-state index >= 15 is 0 Å². The molecule has 0 atom stereocenters. The van der Waals surface area contributed by atoms with Crippen molar-refractivity contribution in [2.24, 2.45) is 0 Å². The van der Waals surface area contributed by atoms with Crippen molar-refractivity contribution < 1.29 is 26.9 Å². The van der Waals surface area contributed by atoms with Crippen molar-refractivity contribution in [1.29, 1.82) is 0 Å². The summed E-state index contributed by atoms with van der Waals surface area (Å²) in [5, 5.41) is 0.893. The van der Waals surface area contributed by atoms with Crippen LogP contribution < -0.4 is 5.19 Å². The van der Waals surface area contributed by atoms with Gasteiger partial charge in [0.2, 0.25) is 0 Å². The minimum atomic E-state index is -3.12. The third kappa shape index (κ3) is 6.60. The van der Waals surface area contributed by atoms with Crippen LogP contribution in [0.3, 0.4) is 0 Å². The van der Waals surface area contributed by atoms with E-state index in [0.717, 1.165) is 10.8 Å². The van der Waals surface area contributed by atoms with E-state index in [9.17, 15) is 4.57 Å². The summed E-state index contributed by atoms with van der Waals surface area (Å²) in [6, 6.07) is 7.65. The van der Waals surface area contributed by atoms with Crippen LogP contribution in [-0.2, 0) is 33.1 Å². The van der Waals surface area contributed by atoms with Gasteiger partial charge in [-0.3, -0.25) is 4.57 Å². The second kappa shape index (κ2) is 11.2. The van der Waals surface area contributed by atoms with E-state index in [0.29, 0.717) is 33.0 Å². The molecule has 0 saturated carbocycles. The van der Waals surface area contributed by atoms with Gasteiger partial charge in [0.05, 0.1) is 19.4 Å². The Hall–Kier alpha value is -0.533. The molecule has 0 aliphatic heterocycles. The van der Waals surface area contributed by atoms with E-state index in [-0.39, 0.29) is 6.16 Å². The summed E-state index contributed by atoms with van der Waals surface area (Å²) >= 11 is 0. The summed E-state index contributed by atoms with van der Waals surface area (Å²) in [5.74, 6) is 0. The van der Waals surface area contributed by atoms with E-state index in [2.05, 4.69) is 0 Å². The van der Waals surface area contributed by atoms with Gasteiger partial charge in [0.15, 0.2) is 0 Å². The third-order valence-electron chi connectivity index (χ3n) is 3.34. The molecular weight excluding hydrogens is 359 g/mol. The van der Waals surface area contributed by atoms with Gasteiger partial charge in [0.25, 0.3) is 0 Å². The van der Waals surface area contributed by atoms with E-state index < -0.39 is 16.4 Å². The number of hydrogen-bond acceptors (Lipinski definition) is 6. The van der Waals surface area contributed by atoms with Crippen LogP contribution in [0.5, 0.6) is 0 Å². The lowest BCUT2D eigenvalue weighted by Gasteiger charge is -2.28. The molecule has 0 heterocycles. The summed E-state index contributed by atoms with van der Waals surface area (Å²) in [5.41, 5.74) is 0.876. The van der Waals surface area contributed by atoms with Gasteiger partial charge < -0.3 is 22.3 Å². The van der Waals surface area contributed by atoms with Crippen molar-refractivity contribution in [3.63, 3.8) is 0 Å². The minimum absolute atomic E-state index is 0.238. The van der Waals surface area contributed by atoms with Crippen molar-refractivity contribution in [2.75, 3.05) is 33.0 Å². The summed E-state index contributed by atoms with van der Waals surface area (Å²) in [6.45, 7) is 11.6. The molecule has 25 heavy (non-hydrogen) atoms. The van der Waals surface area contributed by atoms with E-state index in [4.69, 9.17) is 22.3 Å². The fourth-order valence-corrected chi connectivity index (χ4v) is 6.67. The van der Waals surface area contributed by atoms with Crippen molar-refractivity contribution in [1.82, 2.24) is 0 Å². The summed E-state index contributed by atoms with van der Waals surface area (Å²) in [4.78, 5) is 0. The van der Waals surface area contributed by atoms with Crippen molar-refractivity contribution in [2.45, 2.75) is 40.8 Å². The van der Waals surface area contributed by atoms with E-state index in [1.165, 1.54) is 0 Å². The predicted octanol–water partition coefficient (Wildman–Crippen LogP) is 3.71. The highest BCUT2D eigenvalue weighted by molar-refractivity contribution is 7.53. The molecule has 0 aromatic heterocycles. The molecule has 8 heteroatoms. The maximum atomic E-state index is 12.7. The van der Waals surface area contributed by atoms with Gasteiger partial charge in [-0.1, -0.05) is 24.3 Å². The molecule has 0 unspecified atom stereocenters. The number of hydrogen-bond donors (Lipinski definition) is 0. The maximum Gasteiger partial charge on any atom is 0.537 e.